The second-order valence-electron chi connectivity index (χ2n) is 6.52. The summed E-state index contributed by atoms with van der Waals surface area (Å²) in [6, 6.07) is 15.6. The van der Waals surface area contributed by atoms with E-state index in [4.69, 9.17) is 4.74 Å². The number of benzene rings is 2. The van der Waals surface area contributed by atoms with Crippen molar-refractivity contribution in [3.8, 4) is 17.0 Å². The maximum absolute atomic E-state index is 12.9. The molecule has 0 amide bonds. The van der Waals surface area contributed by atoms with Gasteiger partial charge in [0.1, 0.15) is 11.6 Å². The number of halogens is 1. The third kappa shape index (κ3) is 5.98. The quantitative estimate of drug-likeness (QED) is 0.562. The molecule has 0 aliphatic heterocycles. The molecule has 1 aromatic heterocycles. The first-order valence-electron chi connectivity index (χ1n) is 9.39. The van der Waals surface area contributed by atoms with Gasteiger partial charge in [-0.25, -0.2) is 22.2 Å². The number of sulfonamides is 1. The summed E-state index contributed by atoms with van der Waals surface area (Å²) in [6.07, 6.45) is 0. The van der Waals surface area contributed by atoms with Gasteiger partial charge in [0.15, 0.2) is 0 Å². The number of nitrogens with one attached hydrogen (secondary N) is 1. The zero-order valence-corrected chi connectivity index (χ0v) is 17.2. The molecule has 0 atom stereocenters. The van der Waals surface area contributed by atoms with E-state index in [1.54, 1.807) is 6.07 Å². The lowest BCUT2D eigenvalue weighted by Crippen LogP contribution is -2.32. The molecule has 30 heavy (non-hydrogen) atoms. The molecular formula is C21H22FN3O4S. The number of ether oxygens (including phenoxy) is 1. The van der Waals surface area contributed by atoms with Crippen LogP contribution in [-0.2, 0) is 22.3 Å². The van der Waals surface area contributed by atoms with Gasteiger partial charge < -0.3 is 4.74 Å². The number of hydrogen-bond donors (Lipinski definition) is 1. The van der Waals surface area contributed by atoms with E-state index >= 15 is 0 Å². The van der Waals surface area contributed by atoms with Crippen molar-refractivity contribution in [2.24, 2.45) is 0 Å². The Kier molecular flexibility index (Phi) is 6.96. The molecular weight excluding hydrogens is 409 g/mol. The molecule has 2 aromatic carbocycles. The van der Waals surface area contributed by atoms with Gasteiger partial charge >= 0.3 is 0 Å². The van der Waals surface area contributed by atoms with E-state index in [2.05, 4.69) is 9.82 Å². The minimum atomic E-state index is -3.63. The Morgan fingerprint density at radius 2 is 1.73 bits per heavy atom. The Bertz CT molecular complexity index is 1140. The zero-order valence-electron chi connectivity index (χ0n) is 16.4. The zero-order chi connectivity index (χ0) is 21.6. The van der Waals surface area contributed by atoms with Crippen molar-refractivity contribution in [1.82, 2.24) is 14.5 Å². The topological polar surface area (TPSA) is 90.3 Å². The molecule has 0 saturated carbocycles. The van der Waals surface area contributed by atoms with Gasteiger partial charge in [0.05, 0.1) is 24.6 Å². The first-order chi connectivity index (χ1) is 14.4. The second-order valence-corrected chi connectivity index (χ2v) is 8.32. The van der Waals surface area contributed by atoms with Crippen LogP contribution in [0.1, 0.15) is 12.5 Å². The average Bonchev–Trinajstić information content (AvgIpc) is 2.72. The minimum absolute atomic E-state index is 0.00314. The molecule has 0 aliphatic rings. The van der Waals surface area contributed by atoms with Crippen molar-refractivity contribution in [2.45, 2.75) is 19.2 Å². The van der Waals surface area contributed by atoms with Crippen LogP contribution in [0.5, 0.6) is 5.75 Å². The second kappa shape index (κ2) is 9.64. The summed E-state index contributed by atoms with van der Waals surface area (Å²) in [7, 11) is -3.63. The van der Waals surface area contributed by atoms with Gasteiger partial charge in [-0.2, -0.15) is 5.10 Å². The molecule has 0 spiro atoms. The van der Waals surface area contributed by atoms with E-state index in [1.165, 1.54) is 35.0 Å². The first kappa shape index (κ1) is 21.7. The molecule has 0 radical (unpaired) electrons. The molecule has 0 fully saturated rings. The lowest BCUT2D eigenvalue weighted by molar-refractivity contribution is 0.340. The van der Waals surface area contributed by atoms with Crippen LogP contribution in [0, 0.1) is 5.82 Å². The molecule has 0 unspecified atom stereocenters. The van der Waals surface area contributed by atoms with Crippen molar-refractivity contribution in [2.75, 3.05) is 13.2 Å². The Hall–Kier alpha value is -3.04. The number of nitrogens with zero attached hydrogens (tertiary/aromatic N) is 2. The van der Waals surface area contributed by atoms with E-state index in [0.717, 1.165) is 11.3 Å². The average molecular weight is 431 g/mol. The third-order valence-electron chi connectivity index (χ3n) is 4.24. The van der Waals surface area contributed by atoms with E-state index in [9.17, 15) is 17.6 Å². The van der Waals surface area contributed by atoms with Gasteiger partial charge in [-0.3, -0.25) is 4.79 Å². The van der Waals surface area contributed by atoms with Crippen LogP contribution in [0.25, 0.3) is 11.3 Å². The largest absolute Gasteiger partial charge is 0.494 e. The number of hydrogen-bond acceptors (Lipinski definition) is 5. The highest BCUT2D eigenvalue weighted by Crippen LogP contribution is 2.19. The number of aromatic nitrogens is 2. The van der Waals surface area contributed by atoms with E-state index in [1.807, 2.05) is 31.2 Å². The molecule has 3 rings (SSSR count). The summed E-state index contributed by atoms with van der Waals surface area (Å²) >= 11 is 0. The molecule has 0 saturated heterocycles. The van der Waals surface area contributed by atoms with Crippen molar-refractivity contribution >= 4 is 10.0 Å². The molecule has 9 heteroatoms. The maximum Gasteiger partial charge on any atom is 0.266 e. The predicted octanol–water partition coefficient (Wildman–Crippen LogP) is 2.57. The predicted molar refractivity (Wildman–Crippen MR) is 112 cm³/mol. The molecule has 0 bridgehead atoms. The smallest absolute Gasteiger partial charge is 0.266 e. The molecule has 1 N–H and O–H groups in total. The Morgan fingerprint density at radius 1 is 1.03 bits per heavy atom. The highest BCUT2D eigenvalue weighted by molar-refractivity contribution is 7.88. The van der Waals surface area contributed by atoms with Gasteiger partial charge in [-0.05, 0) is 55.0 Å². The van der Waals surface area contributed by atoms with Crippen LogP contribution in [0.3, 0.4) is 0 Å². The molecule has 0 aliphatic carbocycles. The fraction of sp³-hybridized carbons (Fsp3) is 0.238. The molecule has 3 aromatic rings. The van der Waals surface area contributed by atoms with Gasteiger partial charge in [0.25, 0.3) is 5.56 Å². The van der Waals surface area contributed by atoms with Crippen molar-refractivity contribution in [1.29, 1.82) is 0 Å². The number of rotatable bonds is 9. The van der Waals surface area contributed by atoms with Crippen LogP contribution in [0.2, 0.25) is 0 Å². The summed E-state index contributed by atoms with van der Waals surface area (Å²) in [6.45, 7) is 2.55. The van der Waals surface area contributed by atoms with Crippen molar-refractivity contribution in [3.63, 3.8) is 0 Å². The van der Waals surface area contributed by atoms with Crippen LogP contribution in [0.15, 0.2) is 65.5 Å². The normalized spacial score (nSPS) is 11.4. The third-order valence-corrected chi connectivity index (χ3v) is 5.60. The summed E-state index contributed by atoms with van der Waals surface area (Å²) in [5, 5.41) is 4.32. The van der Waals surface area contributed by atoms with E-state index < -0.39 is 15.8 Å². The van der Waals surface area contributed by atoms with Crippen LogP contribution in [0.4, 0.5) is 4.39 Å². The minimum Gasteiger partial charge on any atom is -0.494 e. The summed E-state index contributed by atoms with van der Waals surface area (Å²) < 4.78 is 46.4. The maximum atomic E-state index is 12.9. The van der Waals surface area contributed by atoms with Gasteiger partial charge in [0.2, 0.25) is 10.0 Å². The van der Waals surface area contributed by atoms with Crippen LogP contribution < -0.4 is 15.0 Å². The lowest BCUT2D eigenvalue weighted by atomic mass is 10.1. The Balaban J connectivity index is 1.64. The first-order valence-corrected chi connectivity index (χ1v) is 11.0. The van der Waals surface area contributed by atoms with Crippen molar-refractivity contribution in [3.05, 3.63) is 82.4 Å². The van der Waals surface area contributed by atoms with Gasteiger partial charge in [-0.1, -0.05) is 12.1 Å². The molecule has 158 valence electrons. The fourth-order valence-corrected chi connectivity index (χ4v) is 3.95. The standard InChI is InChI=1S/C21H22FN3O4S/c1-2-29-19-9-5-17(6-10-19)20-11-12-21(26)25(24-20)14-13-23-30(27,28)15-16-3-7-18(22)8-4-16/h3-12,23H,2,13-15H2,1H3. The molecule has 1 heterocycles. The SMILES string of the molecule is CCOc1ccc(-c2ccc(=O)n(CCNS(=O)(=O)Cc3ccc(F)cc3)n2)cc1. The van der Waals surface area contributed by atoms with Crippen LogP contribution in [-0.4, -0.2) is 31.3 Å². The lowest BCUT2D eigenvalue weighted by Gasteiger charge is -2.10. The van der Waals surface area contributed by atoms with E-state index in [0.29, 0.717) is 17.9 Å². The summed E-state index contributed by atoms with van der Waals surface area (Å²) in [5.41, 5.74) is 1.54. The summed E-state index contributed by atoms with van der Waals surface area (Å²) in [5.74, 6) is 0.0362. The van der Waals surface area contributed by atoms with Gasteiger partial charge in [0, 0.05) is 18.2 Å². The highest BCUT2D eigenvalue weighted by Gasteiger charge is 2.12. The Labute approximate surface area is 174 Å². The Morgan fingerprint density at radius 3 is 2.40 bits per heavy atom. The van der Waals surface area contributed by atoms with Crippen LogP contribution >= 0.6 is 0 Å². The summed E-state index contributed by atoms with van der Waals surface area (Å²) in [4.78, 5) is 12.1. The monoisotopic (exact) mass is 431 g/mol. The van der Waals surface area contributed by atoms with Crippen molar-refractivity contribution < 1.29 is 17.5 Å². The highest BCUT2D eigenvalue weighted by atomic mass is 32.2. The fourth-order valence-electron chi connectivity index (χ4n) is 2.81. The van der Waals surface area contributed by atoms with Gasteiger partial charge in [-0.15, -0.1) is 0 Å². The van der Waals surface area contributed by atoms with E-state index in [-0.39, 0.29) is 24.4 Å². The molecule has 7 nitrogen and oxygen atoms in total.